The summed E-state index contributed by atoms with van der Waals surface area (Å²) in [5, 5.41) is 3.65. The third kappa shape index (κ3) is 5.09. The first-order chi connectivity index (χ1) is 12.6. The molecular weight excluding hydrogens is 348 g/mol. The van der Waals surface area contributed by atoms with Crippen molar-refractivity contribution in [2.24, 2.45) is 5.92 Å². The monoisotopic (exact) mass is 370 g/mol. The van der Waals surface area contributed by atoms with Gasteiger partial charge in [0.2, 0.25) is 11.8 Å². The molecule has 0 spiro atoms. The largest absolute Gasteiger partial charge is 0.356 e. The average molecular weight is 371 g/mol. The number of nitrogens with zero attached hydrogens (tertiary/aromatic N) is 1. The molecular formula is C21H23ClN2O2. The van der Waals surface area contributed by atoms with Crippen LogP contribution in [0.4, 0.5) is 0 Å². The quantitative estimate of drug-likeness (QED) is 0.759. The summed E-state index contributed by atoms with van der Waals surface area (Å²) in [6, 6.07) is 17.7. The Bertz CT molecular complexity index is 746. The third-order valence-corrected chi connectivity index (χ3v) is 4.91. The molecule has 1 N–H and O–H groups in total. The minimum Gasteiger partial charge on any atom is -0.356 e. The minimum absolute atomic E-state index is 0.0231. The molecule has 2 aromatic rings. The molecule has 0 bridgehead atoms. The number of likely N-dealkylation sites (tertiary alicyclic amines) is 1. The van der Waals surface area contributed by atoms with Crippen molar-refractivity contribution in [3.05, 3.63) is 70.7 Å². The number of amides is 2. The Hall–Kier alpha value is -2.33. The molecule has 5 heteroatoms. The van der Waals surface area contributed by atoms with Crippen LogP contribution in [0, 0.1) is 5.92 Å². The average Bonchev–Trinajstić information content (AvgIpc) is 3.02. The molecule has 2 amide bonds. The van der Waals surface area contributed by atoms with E-state index in [0.29, 0.717) is 24.7 Å². The highest BCUT2D eigenvalue weighted by molar-refractivity contribution is 6.30. The van der Waals surface area contributed by atoms with Crippen molar-refractivity contribution in [2.45, 2.75) is 25.8 Å². The highest BCUT2D eigenvalue weighted by atomic mass is 35.5. The van der Waals surface area contributed by atoms with Crippen LogP contribution in [-0.4, -0.2) is 29.8 Å². The van der Waals surface area contributed by atoms with E-state index in [1.54, 1.807) is 4.90 Å². The molecule has 3 rings (SSSR count). The maximum absolute atomic E-state index is 12.3. The number of benzene rings is 2. The van der Waals surface area contributed by atoms with E-state index < -0.39 is 0 Å². The van der Waals surface area contributed by atoms with Gasteiger partial charge in [-0.15, -0.1) is 0 Å². The Morgan fingerprint density at radius 3 is 2.54 bits per heavy atom. The molecule has 4 nitrogen and oxygen atoms in total. The number of carbonyl (C=O) groups excluding carboxylic acids is 2. The van der Waals surface area contributed by atoms with Gasteiger partial charge in [0.15, 0.2) is 0 Å². The molecule has 1 atom stereocenters. The Kier molecular flexibility index (Phi) is 6.29. The van der Waals surface area contributed by atoms with Gasteiger partial charge in [0.05, 0.1) is 5.92 Å². The molecule has 1 aliphatic rings. The Morgan fingerprint density at radius 2 is 1.81 bits per heavy atom. The molecule has 2 aromatic carbocycles. The van der Waals surface area contributed by atoms with Crippen molar-refractivity contribution in [1.29, 1.82) is 0 Å². The second-order valence-electron chi connectivity index (χ2n) is 6.68. The molecule has 1 aliphatic heterocycles. The van der Waals surface area contributed by atoms with Crippen LogP contribution in [0.1, 0.15) is 24.0 Å². The van der Waals surface area contributed by atoms with E-state index in [1.165, 1.54) is 5.56 Å². The summed E-state index contributed by atoms with van der Waals surface area (Å²) in [6.07, 6.45) is 2.12. The van der Waals surface area contributed by atoms with Gasteiger partial charge < -0.3 is 10.2 Å². The standard InChI is InChI=1S/C21H23ClN2O2/c22-19-10-8-17(9-11-19)14-24-15-18(13-20(24)25)21(26)23-12-4-7-16-5-2-1-3-6-16/h1-3,5-6,8-11,18H,4,7,12-15H2,(H,23,26). The van der Waals surface area contributed by atoms with Crippen LogP contribution in [-0.2, 0) is 22.6 Å². The van der Waals surface area contributed by atoms with E-state index in [1.807, 2.05) is 42.5 Å². The van der Waals surface area contributed by atoms with Crippen molar-refractivity contribution in [3.63, 3.8) is 0 Å². The van der Waals surface area contributed by atoms with Crippen LogP contribution < -0.4 is 5.32 Å². The van der Waals surface area contributed by atoms with E-state index in [9.17, 15) is 9.59 Å². The fraction of sp³-hybridized carbons (Fsp3) is 0.333. The second kappa shape index (κ2) is 8.86. The fourth-order valence-corrected chi connectivity index (χ4v) is 3.33. The first kappa shape index (κ1) is 18.5. The van der Waals surface area contributed by atoms with Crippen LogP contribution in [0.5, 0.6) is 0 Å². The van der Waals surface area contributed by atoms with E-state index in [4.69, 9.17) is 11.6 Å². The lowest BCUT2D eigenvalue weighted by atomic mass is 10.1. The molecule has 1 unspecified atom stereocenters. The van der Waals surface area contributed by atoms with Gasteiger partial charge in [-0.1, -0.05) is 54.1 Å². The zero-order valence-corrected chi connectivity index (χ0v) is 15.4. The molecule has 1 fully saturated rings. The lowest BCUT2D eigenvalue weighted by Crippen LogP contribution is -2.33. The number of aryl methyl sites for hydroxylation is 1. The van der Waals surface area contributed by atoms with Gasteiger partial charge in [0.1, 0.15) is 0 Å². The molecule has 1 saturated heterocycles. The number of carbonyl (C=O) groups is 2. The van der Waals surface area contributed by atoms with Gasteiger partial charge in [-0.2, -0.15) is 0 Å². The molecule has 136 valence electrons. The van der Waals surface area contributed by atoms with Crippen LogP contribution in [0.2, 0.25) is 5.02 Å². The lowest BCUT2D eigenvalue weighted by molar-refractivity contribution is -0.129. The molecule has 0 aromatic heterocycles. The lowest BCUT2D eigenvalue weighted by Gasteiger charge is -2.16. The highest BCUT2D eigenvalue weighted by Gasteiger charge is 2.33. The number of hydrogen-bond donors (Lipinski definition) is 1. The van der Waals surface area contributed by atoms with Crippen molar-refractivity contribution < 1.29 is 9.59 Å². The van der Waals surface area contributed by atoms with Gasteiger partial charge in [-0.3, -0.25) is 9.59 Å². The predicted octanol–water partition coefficient (Wildman–Crippen LogP) is 3.44. The topological polar surface area (TPSA) is 49.4 Å². The first-order valence-corrected chi connectivity index (χ1v) is 9.33. The van der Waals surface area contributed by atoms with Gasteiger partial charge in [-0.25, -0.2) is 0 Å². The number of nitrogens with one attached hydrogen (secondary N) is 1. The van der Waals surface area contributed by atoms with Crippen LogP contribution in [0.25, 0.3) is 0 Å². The SMILES string of the molecule is O=C(NCCCc1ccccc1)C1CC(=O)N(Cc2ccc(Cl)cc2)C1. The second-order valence-corrected chi connectivity index (χ2v) is 7.12. The van der Waals surface area contributed by atoms with Crippen molar-refractivity contribution >= 4 is 23.4 Å². The van der Waals surface area contributed by atoms with Gasteiger partial charge >= 0.3 is 0 Å². The van der Waals surface area contributed by atoms with Crippen molar-refractivity contribution in [1.82, 2.24) is 10.2 Å². The maximum Gasteiger partial charge on any atom is 0.225 e. The van der Waals surface area contributed by atoms with Crippen LogP contribution in [0.15, 0.2) is 54.6 Å². The smallest absolute Gasteiger partial charge is 0.225 e. The highest BCUT2D eigenvalue weighted by Crippen LogP contribution is 2.21. The van der Waals surface area contributed by atoms with Gasteiger partial charge in [0.25, 0.3) is 0 Å². The Labute approximate surface area is 159 Å². The molecule has 1 heterocycles. The minimum atomic E-state index is -0.258. The van der Waals surface area contributed by atoms with Crippen LogP contribution in [0.3, 0.4) is 0 Å². The molecule has 0 radical (unpaired) electrons. The molecule has 0 saturated carbocycles. The zero-order valence-electron chi connectivity index (χ0n) is 14.7. The van der Waals surface area contributed by atoms with E-state index in [-0.39, 0.29) is 24.2 Å². The molecule has 26 heavy (non-hydrogen) atoms. The summed E-state index contributed by atoms with van der Waals surface area (Å²) in [5.41, 5.74) is 2.29. The summed E-state index contributed by atoms with van der Waals surface area (Å²) in [6.45, 7) is 1.63. The zero-order chi connectivity index (χ0) is 18.4. The van der Waals surface area contributed by atoms with E-state index in [2.05, 4.69) is 17.4 Å². The predicted molar refractivity (Wildman–Crippen MR) is 103 cm³/mol. The van der Waals surface area contributed by atoms with Crippen molar-refractivity contribution in [3.8, 4) is 0 Å². The first-order valence-electron chi connectivity index (χ1n) is 8.95. The Morgan fingerprint density at radius 1 is 1.08 bits per heavy atom. The fourth-order valence-electron chi connectivity index (χ4n) is 3.20. The Balaban J connectivity index is 1.42. The maximum atomic E-state index is 12.3. The molecule has 0 aliphatic carbocycles. The summed E-state index contributed by atoms with van der Waals surface area (Å²) in [5.74, 6) is -0.249. The number of hydrogen-bond acceptors (Lipinski definition) is 2. The van der Waals surface area contributed by atoms with Crippen LogP contribution >= 0.6 is 11.6 Å². The van der Waals surface area contributed by atoms with E-state index in [0.717, 1.165) is 18.4 Å². The van der Waals surface area contributed by atoms with Gasteiger partial charge in [-0.05, 0) is 36.1 Å². The summed E-state index contributed by atoms with van der Waals surface area (Å²) < 4.78 is 0. The normalized spacial score (nSPS) is 16.7. The summed E-state index contributed by atoms with van der Waals surface area (Å²) in [4.78, 5) is 26.3. The van der Waals surface area contributed by atoms with Gasteiger partial charge in [0, 0.05) is 31.1 Å². The third-order valence-electron chi connectivity index (χ3n) is 4.66. The van der Waals surface area contributed by atoms with Crippen molar-refractivity contribution in [2.75, 3.05) is 13.1 Å². The number of rotatable bonds is 7. The van der Waals surface area contributed by atoms with E-state index >= 15 is 0 Å². The summed E-state index contributed by atoms with van der Waals surface area (Å²) in [7, 11) is 0. The summed E-state index contributed by atoms with van der Waals surface area (Å²) >= 11 is 5.89. The number of halogens is 1.